The van der Waals surface area contributed by atoms with Gasteiger partial charge in [0.2, 0.25) is 0 Å². The summed E-state index contributed by atoms with van der Waals surface area (Å²) in [6.07, 6.45) is 1.56. The van der Waals surface area contributed by atoms with Gasteiger partial charge < -0.3 is 13.8 Å². The van der Waals surface area contributed by atoms with Crippen LogP contribution in [0, 0.1) is 5.41 Å². The van der Waals surface area contributed by atoms with Crippen LogP contribution in [0.15, 0.2) is 35.9 Å². The highest BCUT2D eigenvalue weighted by Crippen LogP contribution is 2.54. The van der Waals surface area contributed by atoms with E-state index in [2.05, 4.69) is 0 Å². The summed E-state index contributed by atoms with van der Waals surface area (Å²) in [5.41, 5.74) is 0.922. The highest BCUT2D eigenvalue weighted by atomic mass is 31.2. The van der Waals surface area contributed by atoms with Gasteiger partial charge >= 0.3 is 13.6 Å². The van der Waals surface area contributed by atoms with E-state index in [1.54, 1.807) is 6.08 Å². The quantitative estimate of drug-likeness (QED) is 0.482. The predicted molar refractivity (Wildman–Crippen MR) is 84.6 cm³/mol. The number of hydrogen-bond donors (Lipinski definition) is 0. The fraction of sp³-hybridized carbons (Fsp3) is 0.438. The summed E-state index contributed by atoms with van der Waals surface area (Å²) < 4.78 is 28.3. The molecule has 0 aliphatic carbocycles. The number of esters is 1. The standard InChI is InChI=1S/C16H21O5P/c1-16(2)11-20-22(18,21-12-16)10-14(15(17)19-3)9-13-7-5-4-6-8-13/h4-9H,10-12H2,1-3H3/b14-9-. The van der Waals surface area contributed by atoms with Crippen LogP contribution < -0.4 is 0 Å². The Kier molecular flexibility index (Phi) is 5.22. The molecule has 1 aromatic carbocycles. The Balaban J connectivity index is 2.19. The lowest BCUT2D eigenvalue weighted by atomic mass is 9.97. The SMILES string of the molecule is COC(=O)/C(=C\c1ccccc1)CP1(=O)OCC(C)(C)CO1. The van der Waals surface area contributed by atoms with Gasteiger partial charge in [0.1, 0.15) is 0 Å². The van der Waals surface area contributed by atoms with Crippen molar-refractivity contribution in [1.29, 1.82) is 0 Å². The summed E-state index contributed by atoms with van der Waals surface area (Å²) in [5, 5.41) is 0. The van der Waals surface area contributed by atoms with Crippen LogP contribution in [0.3, 0.4) is 0 Å². The molecule has 1 aliphatic rings. The Bertz CT molecular complexity index is 592. The molecule has 1 saturated heterocycles. The van der Waals surface area contributed by atoms with E-state index >= 15 is 0 Å². The maximum absolute atomic E-state index is 12.6. The smallest absolute Gasteiger partial charge is 0.335 e. The molecule has 0 N–H and O–H groups in total. The van der Waals surface area contributed by atoms with E-state index in [0.29, 0.717) is 13.2 Å². The maximum atomic E-state index is 12.6. The lowest BCUT2D eigenvalue weighted by Gasteiger charge is -2.34. The fourth-order valence-corrected chi connectivity index (χ4v) is 3.96. The van der Waals surface area contributed by atoms with E-state index in [4.69, 9.17) is 13.8 Å². The minimum absolute atomic E-state index is 0.0926. The summed E-state index contributed by atoms with van der Waals surface area (Å²) in [6, 6.07) is 9.31. The molecule has 0 radical (unpaired) electrons. The molecule has 0 unspecified atom stereocenters. The predicted octanol–water partition coefficient (Wildman–Crippen LogP) is 3.51. The summed E-state index contributed by atoms with van der Waals surface area (Å²) >= 11 is 0. The summed E-state index contributed by atoms with van der Waals surface area (Å²) in [6.45, 7) is 4.61. The first-order chi connectivity index (χ1) is 10.3. The molecule has 2 rings (SSSR count). The van der Waals surface area contributed by atoms with Gasteiger partial charge in [0, 0.05) is 11.0 Å². The lowest BCUT2D eigenvalue weighted by Crippen LogP contribution is -2.30. The molecule has 0 bridgehead atoms. The molecule has 0 atom stereocenters. The summed E-state index contributed by atoms with van der Waals surface area (Å²) in [4.78, 5) is 11.9. The second-order valence-corrected chi connectivity index (χ2v) is 8.11. The van der Waals surface area contributed by atoms with Gasteiger partial charge in [0.05, 0.1) is 26.5 Å². The van der Waals surface area contributed by atoms with Gasteiger partial charge in [-0.15, -0.1) is 0 Å². The van der Waals surface area contributed by atoms with E-state index < -0.39 is 13.6 Å². The van der Waals surface area contributed by atoms with Gasteiger partial charge in [-0.05, 0) is 11.6 Å². The molecule has 0 saturated carbocycles. The van der Waals surface area contributed by atoms with Crippen LogP contribution >= 0.6 is 7.60 Å². The number of benzene rings is 1. The van der Waals surface area contributed by atoms with E-state index in [9.17, 15) is 9.36 Å². The number of methoxy groups -OCH3 is 1. The first-order valence-corrected chi connectivity index (χ1v) is 8.78. The first-order valence-electron chi connectivity index (χ1n) is 7.06. The molecular weight excluding hydrogens is 303 g/mol. The molecule has 0 amide bonds. The molecular formula is C16H21O5P. The largest absolute Gasteiger partial charge is 0.466 e. The average Bonchev–Trinajstić information content (AvgIpc) is 2.50. The van der Waals surface area contributed by atoms with Crippen LogP contribution in [0.4, 0.5) is 0 Å². The van der Waals surface area contributed by atoms with Crippen molar-refractivity contribution in [1.82, 2.24) is 0 Å². The van der Waals surface area contributed by atoms with Crippen LogP contribution in [0.2, 0.25) is 0 Å². The fourth-order valence-electron chi connectivity index (χ4n) is 1.98. The van der Waals surface area contributed by atoms with Crippen molar-refractivity contribution in [2.75, 3.05) is 26.5 Å². The van der Waals surface area contributed by atoms with Crippen molar-refractivity contribution in [2.45, 2.75) is 13.8 Å². The second kappa shape index (κ2) is 6.78. The minimum Gasteiger partial charge on any atom is -0.466 e. The minimum atomic E-state index is -3.32. The van der Waals surface area contributed by atoms with E-state index in [1.165, 1.54) is 7.11 Å². The molecule has 1 heterocycles. The molecule has 1 aromatic rings. The van der Waals surface area contributed by atoms with Crippen LogP contribution in [0.25, 0.3) is 6.08 Å². The maximum Gasteiger partial charge on any atom is 0.335 e. The van der Waals surface area contributed by atoms with E-state index in [1.807, 2.05) is 44.2 Å². The lowest BCUT2D eigenvalue weighted by molar-refractivity contribution is -0.135. The van der Waals surface area contributed by atoms with E-state index in [0.717, 1.165) is 5.56 Å². The monoisotopic (exact) mass is 324 g/mol. The van der Waals surface area contributed by atoms with Crippen LogP contribution in [0.5, 0.6) is 0 Å². The number of carbonyl (C=O) groups is 1. The molecule has 6 heteroatoms. The Hall–Kier alpha value is -1.42. The highest BCUT2D eigenvalue weighted by molar-refractivity contribution is 7.54. The molecule has 1 fully saturated rings. The third kappa shape index (κ3) is 4.54. The average molecular weight is 324 g/mol. The van der Waals surface area contributed by atoms with Crippen molar-refractivity contribution in [3.63, 3.8) is 0 Å². The molecule has 0 aromatic heterocycles. The van der Waals surface area contributed by atoms with Crippen molar-refractivity contribution < 1.29 is 23.1 Å². The Morgan fingerprint density at radius 1 is 1.27 bits per heavy atom. The molecule has 120 valence electrons. The van der Waals surface area contributed by atoms with Crippen LogP contribution in [-0.2, 0) is 23.1 Å². The normalized spacial score (nSPS) is 20.4. The summed E-state index contributed by atoms with van der Waals surface area (Å²) in [5.74, 6) is -0.531. The zero-order valence-electron chi connectivity index (χ0n) is 13.1. The number of hydrogen-bond acceptors (Lipinski definition) is 5. The van der Waals surface area contributed by atoms with E-state index in [-0.39, 0.29) is 17.2 Å². The van der Waals surface area contributed by atoms with Crippen molar-refractivity contribution >= 4 is 19.6 Å². The van der Waals surface area contributed by atoms with Crippen molar-refractivity contribution in [3.05, 3.63) is 41.5 Å². The third-order valence-electron chi connectivity index (χ3n) is 3.26. The van der Waals surface area contributed by atoms with Gasteiger partial charge in [-0.1, -0.05) is 44.2 Å². The highest BCUT2D eigenvalue weighted by Gasteiger charge is 2.38. The van der Waals surface area contributed by atoms with Gasteiger partial charge in [-0.2, -0.15) is 0 Å². The Morgan fingerprint density at radius 3 is 2.41 bits per heavy atom. The molecule has 22 heavy (non-hydrogen) atoms. The number of ether oxygens (including phenoxy) is 1. The first kappa shape index (κ1) is 16.9. The number of rotatable bonds is 4. The third-order valence-corrected chi connectivity index (χ3v) is 5.03. The summed E-state index contributed by atoms with van der Waals surface area (Å²) in [7, 11) is -2.03. The van der Waals surface area contributed by atoms with Crippen LogP contribution in [0.1, 0.15) is 19.4 Å². The second-order valence-electron chi connectivity index (χ2n) is 6.05. The number of carbonyl (C=O) groups excluding carboxylic acids is 1. The Morgan fingerprint density at radius 2 is 1.86 bits per heavy atom. The van der Waals surface area contributed by atoms with Gasteiger partial charge in [-0.3, -0.25) is 4.57 Å². The topological polar surface area (TPSA) is 61.8 Å². The molecule has 0 spiro atoms. The van der Waals surface area contributed by atoms with Gasteiger partial charge in [0.25, 0.3) is 0 Å². The molecule has 1 aliphatic heterocycles. The van der Waals surface area contributed by atoms with Gasteiger partial charge in [0.15, 0.2) is 0 Å². The zero-order chi connectivity index (χ0) is 16.2. The zero-order valence-corrected chi connectivity index (χ0v) is 14.0. The molecule has 5 nitrogen and oxygen atoms in total. The Labute approximate surface area is 130 Å². The van der Waals surface area contributed by atoms with Gasteiger partial charge in [-0.25, -0.2) is 4.79 Å². The van der Waals surface area contributed by atoms with Crippen molar-refractivity contribution in [3.8, 4) is 0 Å². The van der Waals surface area contributed by atoms with Crippen LogP contribution in [-0.4, -0.2) is 32.5 Å². The van der Waals surface area contributed by atoms with Crippen molar-refractivity contribution in [2.24, 2.45) is 5.41 Å².